The lowest BCUT2D eigenvalue weighted by Crippen LogP contribution is -2.17. The Labute approximate surface area is 203 Å². The van der Waals surface area contributed by atoms with Crippen molar-refractivity contribution in [3.63, 3.8) is 0 Å². The summed E-state index contributed by atoms with van der Waals surface area (Å²) in [7, 11) is 0. The van der Waals surface area contributed by atoms with Gasteiger partial charge in [-0.2, -0.15) is 9.15 Å². The van der Waals surface area contributed by atoms with Crippen molar-refractivity contribution in [3.05, 3.63) is 58.4 Å². The maximum Gasteiger partial charge on any atom is 0.223 e. The molecule has 1 heterocycles. The first-order chi connectivity index (χ1) is 16.0. The van der Waals surface area contributed by atoms with Crippen molar-refractivity contribution in [2.75, 3.05) is 11.6 Å². The van der Waals surface area contributed by atoms with Crippen molar-refractivity contribution in [2.24, 2.45) is 0 Å². The maximum absolute atomic E-state index is 10.2. The molecule has 178 valence electrons. The zero-order valence-corrected chi connectivity index (χ0v) is 21.4. The molecule has 0 saturated heterocycles. The van der Waals surface area contributed by atoms with Crippen LogP contribution in [0.4, 0.5) is 9.83 Å². The second kappa shape index (κ2) is 14.0. The number of nitriles is 1. The van der Waals surface area contributed by atoms with Crippen LogP contribution >= 0.6 is 12.1 Å². The number of anilines is 1. The zero-order valence-electron chi connectivity index (χ0n) is 20.6. The molecule has 1 N–H and O–H groups in total. The first-order valence-corrected chi connectivity index (χ1v) is 13.1. The molecule has 3 rings (SSSR count). The fourth-order valence-electron chi connectivity index (χ4n) is 4.34. The van der Waals surface area contributed by atoms with Gasteiger partial charge in [-0.3, -0.25) is 0 Å². The Morgan fingerprint density at radius 2 is 2.03 bits per heavy atom. The second-order valence-corrected chi connectivity index (χ2v) is 8.83. The first kappa shape index (κ1) is 26.9. The van der Waals surface area contributed by atoms with Crippen LogP contribution < -0.4 is 5.32 Å². The Hall–Kier alpha value is -2.39. The minimum absolute atomic E-state index is 0.250. The maximum atomic E-state index is 10.2. The number of nitrogens with zero attached hydrogens (tertiary/aromatic N) is 3. The highest BCUT2D eigenvalue weighted by Gasteiger charge is 2.20. The molecule has 1 fully saturated rings. The van der Waals surface area contributed by atoms with Gasteiger partial charge in [0.1, 0.15) is 0 Å². The minimum atomic E-state index is 0.250. The third-order valence-corrected chi connectivity index (χ3v) is 6.23. The van der Waals surface area contributed by atoms with E-state index in [0.717, 1.165) is 36.5 Å². The number of aromatic nitrogens is 2. The van der Waals surface area contributed by atoms with Crippen LogP contribution in [-0.4, -0.2) is 22.3 Å². The predicted octanol–water partition coefficient (Wildman–Crippen LogP) is 7.85. The third-order valence-electron chi connectivity index (χ3n) is 6.23. The van der Waals surface area contributed by atoms with E-state index in [-0.39, 0.29) is 12.1 Å². The second-order valence-electron chi connectivity index (χ2n) is 8.52. The van der Waals surface area contributed by atoms with Gasteiger partial charge in [-0.25, -0.2) is 9.97 Å². The number of rotatable bonds is 8. The molecule has 2 aromatic rings. The quantitative estimate of drug-likeness (QED) is 0.427. The Morgan fingerprint density at radius 1 is 1.33 bits per heavy atom. The summed E-state index contributed by atoms with van der Waals surface area (Å²) in [5.41, 5.74) is 6.44. The van der Waals surface area contributed by atoms with Gasteiger partial charge in [-0.1, -0.05) is 52.2 Å². The number of hydrogen-bond acceptors (Lipinski definition) is 5. The van der Waals surface area contributed by atoms with Crippen molar-refractivity contribution in [1.82, 2.24) is 9.97 Å². The number of halogens is 1. The van der Waals surface area contributed by atoms with E-state index in [1.807, 2.05) is 18.3 Å². The summed E-state index contributed by atoms with van der Waals surface area (Å²) in [6, 6.07) is 8.84. The van der Waals surface area contributed by atoms with Crippen LogP contribution in [0.25, 0.3) is 5.57 Å². The summed E-state index contributed by atoms with van der Waals surface area (Å²) in [5, 5.41) is 13.0. The lowest BCUT2D eigenvalue weighted by molar-refractivity contribution is 0.730. The van der Waals surface area contributed by atoms with E-state index >= 15 is 0 Å². The molecule has 6 heteroatoms. The SMILES string of the molecule is C/C=C(\c1ccc(C#N)cc1C(C)CC)c1nc(NC2CCCC2)ncc1CCC.CSF. The van der Waals surface area contributed by atoms with Gasteiger partial charge in [-0.15, -0.1) is 0 Å². The zero-order chi connectivity index (χ0) is 24.2. The molecular formula is C27H37FN4S. The molecular weight excluding hydrogens is 431 g/mol. The van der Waals surface area contributed by atoms with Crippen molar-refractivity contribution in [3.8, 4) is 6.07 Å². The average Bonchev–Trinajstić information content (AvgIpc) is 3.34. The fourth-order valence-corrected chi connectivity index (χ4v) is 4.34. The summed E-state index contributed by atoms with van der Waals surface area (Å²) in [4.78, 5) is 9.66. The van der Waals surface area contributed by atoms with E-state index in [0.29, 0.717) is 17.5 Å². The van der Waals surface area contributed by atoms with E-state index in [1.54, 1.807) is 0 Å². The molecule has 0 spiro atoms. The molecule has 33 heavy (non-hydrogen) atoms. The molecule has 1 aliphatic rings. The van der Waals surface area contributed by atoms with Gasteiger partial charge in [0.25, 0.3) is 0 Å². The number of hydrogen-bond donors (Lipinski definition) is 1. The first-order valence-electron chi connectivity index (χ1n) is 12.0. The van der Waals surface area contributed by atoms with E-state index in [9.17, 15) is 9.15 Å². The Morgan fingerprint density at radius 3 is 2.61 bits per heavy atom. The van der Waals surface area contributed by atoms with E-state index in [1.165, 1.54) is 48.6 Å². The van der Waals surface area contributed by atoms with Gasteiger partial charge in [0.05, 0.1) is 17.3 Å². The molecule has 0 bridgehead atoms. The van der Waals surface area contributed by atoms with Gasteiger partial charge in [0, 0.05) is 36.2 Å². The molecule has 1 unspecified atom stereocenters. The van der Waals surface area contributed by atoms with Gasteiger partial charge in [0.15, 0.2) is 0 Å². The van der Waals surface area contributed by atoms with Crippen LogP contribution in [0.3, 0.4) is 0 Å². The van der Waals surface area contributed by atoms with Crippen LogP contribution in [0, 0.1) is 11.3 Å². The highest BCUT2D eigenvalue weighted by molar-refractivity contribution is 7.93. The highest BCUT2D eigenvalue weighted by Crippen LogP contribution is 2.34. The van der Waals surface area contributed by atoms with Crippen LogP contribution in [0.5, 0.6) is 0 Å². The molecule has 0 radical (unpaired) electrons. The smallest absolute Gasteiger partial charge is 0.223 e. The monoisotopic (exact) mass is 468 g/mol. The molecule has 1 aromatic heterocycles. The molecule has 4 nitrogen and oxygen atoms in total. The molecule has 0 aliphatic heterocycles. The normalized spacial score (nSPS) is 14.9. The average molecular weight is 469 g/mol. The Bertz CT molecular complexity index is 961. The summed E-state index contributed by atoms with van der Waals surface area (Å²) >= 11 is 0.250. The number of benzene rings is 1. The summed E-state index contributed by atoms with van der Waals surface area (Å²) < 4.78 is 10.2. The lowest BCUT2D eigenvalue weighted by atomic mass is 9.86. The van der Waals surface area contributed by atoms with Crippen LogP contribution in [0.15, 0.2) is 30.5 Å². The van der Waals surface area contributed by atoms with Gasteiger partial charge in [0.2, 0.25) is 5.95 Å². The summed E-state index contributed by atoms with van der Waals surface area (Å²) in [6.45, 7) is 8.69. The lowest BCUT2D eigenvalue weighted by Gasteiger charge is -2.20. The van der Waals surface area contributed by atoms with Gasteiger partial charge in [-0.05, 0) is 67.3 Å². The molecule has 1 aromatic carbocycles. The van der Waals surface area contributed by atoms with Crippen molar-refractivity contribution >= 4 is 23.7 Å². The van der Waals surface area contributed by atoms with Crippen molar-refractivity contribution in [1.29, 1.82) is 5.26 Å². The third kappa shape index (κ3) is 7.30. The fraction of sp³-hybridized carbons (Fsp3) is 0.519. The topological polar surface area (TPSA) is 61.6 Å². The number of allylic oxidation sites excluding steroid dienone is 1. The Balaban J connectivity index is 0.00000122. The highest BCUT2D eigenvalue weighted by atomic mass is 32.2. The largest absolute Gasteiger partial charge is 0.351 e. The van der Waals surface area contributed by atoms with Crippen molar-refractivity contribution < 1.29 is 3.89 Å². The number of nitrogens with one attached hydrogen (secondary N) is 1. The van der Waals surface area contributed by atoms with E-state index in [4.69, 9.17) is 4.98 Å². The summed E-state index contributed by atoms with van der Waals surface area (Å²) in [5.74, 6) is 1.10. The molecule has 1 atom stereocenters. The standard InChI is InChI=1S/C26H34N4.CH3FS/c1-5-10-20-17-28-26(29-21-11-8-9-12-21)30-25(20)22(7-3)23-14-13-19(16-27)15-24(23)18(4)6-2;1-3-2/h7,13-15,17-18,21H,5-6,8-12H2,1-4H3,(H,28,29,30);1H3/b22-7+;. The minimum Gasteiger partial charge on any atom is -0.351 e. The number of aryl methyl sites for hydroxylation is 1. The predicted molar refractivity (Wildman–Crippen MR) is 139 cm³/mol. The van der Waals surface area contributed by atoms with Gasteiger partial charge < -0.3 is 5.32 Å². The molecule has 1 saturated carbocycles. The van der Waals surface area contributed by atoms with Crippen LogP contribution in [0.1, 0.15) is 100 Å². The van der Waals surface area contributed by atoms with Crippen LogP contribution in [-0.2, 0) is 6.42 Å². The van der Waals surface area contributed by atoms with E-state index < -0.39 is 0 Å². The molecule has 0 amide bonds. The van der Waals surface area contributed by atoms with Crippen molar-refractivity contribution in [2.45, 2.75) is 84.6 Å². The van der Waals surface area contributed by atoms with Crippen LogP contribution in [0.2, 0.25) is 0 Å². The van der Waals surface area contributed by atoms with Gasteiger partial charge >= 0.3 is 0 Å². The van der Waals surface area contributed by atoms with E-state index in [2.05, 4.69) is 56.2 Å². The molecule has 1 aliphatic carbocycles. The Kier molecular flexibility index (Phi) is 11.4. The summed E-state index contributed by atoms with van der Waals surface area (Å²) in [6.07, 6.45) is 13.5.